The molecule has 1 aliphatic heterocycles. The number of hydrogen-bond acceptors (Lipinski definition) is 4. The molecule has 4 bridgehead atoms. The van der Waals surface area contributed by atoms with Crippen molar-refractivity contribution in [3.8, 4) is 0 Å². The monoisotopic (exact) mass is 898 g/mol. The van der Waals surface area contributed by atoms with Gasteiger partial charge in [-0.1, -0.05) is 60.7 Å². The number of halogens is 2. The number of aryl methyl sites for hydroxylation is 2. The summed E-state index contributed by atoms with van der Waals surface area (Å²) in [5.74, 6) is 0. The largest absolute Gasteiger partial charge is 1.00 e. The van der Waals surface area contributed by atoms with E-state index in [0.717, 1.165) is 124 Å². The number of aromatic nitrogens is 4. The molecule has 0 fully saturated rings. The molecule has 0 radical (unpaired) electrons. The van der Waals surface area contributed by atoms with E-state index >= 15 is 0 Å². The molecular formula is C44H64Br2N6O4. The third-order valence-electron chi connectivity index (χ3n) is 12.1. The van der Waals surface area contributed by atoms with Crippen molar-refractivity contribution in [2.75, 3.05) is 39.3 Å². The van der Waals surface area contributed by atoms with Crippen LogP contribution < -0.4 is 56.5 Å². The lowest BCUT2D eigenvalue weighted by atomic mass is 10.1. The average molecular weight is 901 g/mol. The molecule has 0 amide bonds. The molecule has 0 spiro atoms. The molecule has 2 aromatic carbocycles. The third kappa shape index (κ3) is 12.3. The summed E-state index contributed by atoms with van der Waals surface area (Å²) in [4.78, 5) is 53.8. The summed E-state index contributed by atoms with van der Waals surface area (Å²) in [6, 6.07) is 24.5. The smallest absolute Gasteiger partial charge is 0.331 e. The van der Waals surface area contributed by atoms with Crippen molar-refractivity contribution in [1.82, 2.24) is 18.3 Å². The van der Waals surface area contributed by atoms with E-state index in [1.54, 1.807) is 21.3 Å². The van der Waals surface area contributed by atoms with Crippen molar-refractivity contribution in [2.24, 2.45) is 0 Å². The molecule has 10 nitrogen and oxygen atoms in total. The van der Waals surface area contributed by atoms with E-state index in [1.165, 1.54) is 20.3 Å². The van der Waals surface area contributed by atoms with Crippen molar-refractivity contribution >= 4 is 0 Å². The second-order valence-corrected chi connectivity index (χ2v) is 15.7. The lowest BCUT2D eigenvalue weighted by Gasteiger charge is -2.38. The maximum Gasteiger partial charge on any atom is 0.331 e. The molecule has 1 aliphatic rings. The van der Waals surface area contributed by atoms with Crippen LogP contribution in [0.2, 0.25) is 0 Å². The molecule has 0 saturated carbocycles. The van der Waals surface area contributed by atoms with Gasteiger partial charge in [-0.05, 0) is 79.1 Å². The highest BCUT2D eigenvalue weighted by atomic mass is 79.9. The van der Waals surface area contributed by atoms with Crippen LogP contribution in [0.3, 0.4) is 0 Å². The quantitative estimate of drug-likeness (QED) is 0.253. The maximum absolute atomic E-state index is 13.8. The molecule has 3 heterocycles. The molecule has 2 atom stereocenters. The van der Waals surface area contributed by atoms with Crippen LogP contribution in [0.1, 0.15) is 87.7 Å². The number of benzene rings is 2. The van der Waals surface area contributed by atoms with Crippen LogP contribution in [0.15, 0.2) is 92.0 Å². The highest BCUT2D eigenvalue weighted by Crippen LogP contribution is 2.20. The van der Waals surface area contributed by atoms with Crippen LogP contribution in [0.25, 0.3) is 0 Å². The van der Waals surface area contributed by atoms with Gasteiger partial charge in [0.1, 0.15) is 13.1 Å². The summed E-state index contributed by atoms with van der Waals surface area (Å²) >= 11 is 0. The summed E-state index contributed by atoms with van der Waals surface area (Å²) < 4.78 is 8.28. The van der Waals surface area contributed by atoms with Crippen LogP contribution in [0, 0.1) is 13.8 Å². The summed E-state index contributed by atoms with van der Waals surface area (Å²) in [5, 5.41) is 0. The molecule has 308 valence electrons. The first-order chi connectivity index (χ1) is 26.1. The Balaban J connectivity index is 0.00000420. The van der Waals surface area contributed by atoms with Gasteiger partial charge in [0.25, 0.3) is 11.1 Å². The van der Waals surface area contributed by atoms with E-state index in [2.05, 4.69) is 62.4 Å². The van der Waals surface area contributed by atoms with E-state index in [1.807, 2.05) is 26.0 Å². The third-order valence-corrected chi connectivity index (χ3v) is 12.1. The van der Waals surface area contributed by atoms with E-state index in [4.69, 9.17) is 0 Å². The van der Waals surface area contributed by atoms with Gasteiger partial charge in [-0.3, -0.25) is 27.9 Å². The second-order valence-electron chi connectivity index (χ2n) is 15.7. The first kappa shape index (κ1) is 47.1. The Morgan fingerprint density at radius 1 is 0.464 bits per heavy atom. The van der Waals surface area contributed by atoms with Crippen LogP contribution >= 0.6 is 0 Å². The van der Waals surface area contributed by atoms with E-state index in [-0.39, 0.29) is 56.5 Å². The Kier molecular flexibility index (Phi) is 19.0. The number of fused-ring (bicyclic) bond motifs is 4. The molecule has 0 saturated heterocycles. The summed E-state index contributed by atoms with van der Waals surface area (Å²) in [6.07, 6.45) is 6.82. The molecule has 12 heteroatoms. The van der Waals surface area contributed by atoms with Crippen LogP contribution in [-0.4, -0.2) is 66.5 Å². The Morgan fingerprint density at radius 2 is 0.768 bits per heavy atom. The SMILES string of the molecule is CC[N+]1(Cc2ccccc2)CCCCn2c(C)cc(=O)n(c2=O)CCCC[N+](CC)(Cc2ccccc2)CCCCn2c(C)cc(=O)n(c2=O)CCCC1.[Br-].[Br-]. The topological polar surface area (TPSA) is 88.0 Å². The van der Waals surface area contributed by atoms with Crippen molar-refractivity contribution in [2.45, 2.75) is 118 Å². The van der Waals surface area contributed by atoms with Crippen LogP contribution in [0.5, 0.6) is 0 Å². The van der Waals surface area contributed by atoms with E-state index in [0.29, 0.717) is 26.2 Å². The fourth-order valence-corrected chi connectivity index (χ4v) is 8.61. The van der Waals surface area contributed by atoms with Gasteiger partial charge in [-0.2, -0.15) is 0 Å². The zero-order chi connectivity index (χ0) is 38.6. The van der Waals surface area contributed by atoms with E-state index in [9.17, 15) is 19.2 Å². The van der Waals surface area contributed by atoms with Crippen molar-refractivity contribution in [3.05, 3.63) is 137 Å². The summed E-state index contributed by atoms with van der Waals surface area (Å²) in [7, 11) is 0. The van der Waals surface area contributed by atoms with Crippen molar-refractivity contribution < 1.29 is 42.9 Å². The summed E-state index contributed by atoms with van der Waals surface area (Å²) in [6.45, 7) is 17.7. The number of rotatable bonds is 6. The Morgan fingerprint density at radius 3 is 1.07 bits per heavy atom. The second kappa shape index (κ2) is 22.6. The molecule has 56 heavy (non-hydrogen) atoms. The minimum atomic E-state index is -0.211. The summed E-state index contributed by atoms with van der Waals surface area (Å²) in [5.41, 5.74) is 3.21. The first-order valence-corrected chi connectivity index (χ1v) is 20.5. The van der Waals surface area contributed by atoms with Gasteiger partial charge in [0.15, 0.2) is 0 Å². The first-order valence-electron chi connectivity index (χ1n) is 20.5. The standard InChI is InChI=1S/C44H64N6O4.2BrH/c1-5-49(35-39-21-9-7-10-22-39)29-17-13-25-45-37(3)33-42(52)48(43(45)53)28-16-20-32-50(6-2,36-40-23-11-8-12-24-40)30-18-14-26-46-38(4)34-41(51)47(44(46)54)27-15-19-31-49;;/h7-12,21-24,33-34H,5-6,13-20,25-32,35-36H2,1-4H3;2*1H/q+2;;/p-2. The zero-order valence-electron chi connectivity index (χ0n) is 34.1. The molecule has 4 aromatic rings. The Hall–Kier alpha value is -3.32. The van der Waals surface area contributed by atoms with Crippen LogP contribution in [-0.2, 0) is 39.3 Å². The Labute approximate surface area is 354 Å². The maximum atomic E-state index is 13.8. The van der Waals surface area contributed by atoms with E-state index < -0.39 is 0 Å². The van der Waals surface area contributed by atoms with Crippen LogP contribution in [0.4, 0.5) is 0 Å². The average Bonchev–Trinajstić information content (AvgIpc) is 3.16. The minimum absolute atomic E-state index is 0. The molecule has 2 unspecified atom stereocenters. The number of hydrogen-bond donors (Lipinski definition) is 0. The number of quaternary nitrogens is 2. The molecule has 5 rings (SSSR count). The van der Waals surface area contributed by atoms with Crippen molar-refractivity contribution in [3.63, 3.8) is 0 Å². The molecular weight excluding hydrogens is 836 g/mol. The lowest BCUT2D eigenvalue weighted by molar-refractivity contribution is -0.939. The zero-order valence-corrected chi connectivity index (χ0v) is 37.3. The van der Waals surface area contributed by atoms with Gasteiger partial charge in [-0.25, -0.2) is 9.59 Å². The van der Waals surface area contributed by atoms with Gasteiger partial charge >= 0.3 is 11.4 Å². The molecule has 0 aliphatic carbocycles. The fourth-order valence-electron chi connectivity index (χ4n) is 8.61. The molecule has 0 N–H and O–H groups in total. The van der Waals surface area contributed by atoms with Gasteiger partial charge in [0.05, 0.1) is 39.3 Å². The lowest BCUT2D eigenvalue weighted by Crippen LogP contribution is -3.00. The minimum Gasteiger partial charge on any atom is -1.00 e. The predicted molar refractivity (Wildman–Crippen MR) is 218 cm³/mol. The molecule has 2 aromatic heterocycles. The normalized spacial score (nSPS) is 20.5. The highest BCUT2D eigenvalue weighted by Gasteiger charge is 2.27. The number of nitrogens with zero attached hydrogens (tertiary/aromatic N) is 6. The highest BCUT2D eigenvalue weighted by molar-refractivity contribution is 5.14. The fraction of sp³-hybridized carbons (Fsp3) is 0.545. The van der Waals surface area contributed by atoms with Gasteiger partial charge in [0, 0.05) is 60.8 Å². The predicted octanol–water partition coefficient (Wildman–Crippen LogP) is -0.133. The Bertz CT molecular complexity index is 1900. The van der Waals surface area contributed by atoms with Crippen molar-refractivity contribution in [1.29, 1.82) is 0 Å². The van der Waals surface area contributed by atoms with Gasteiger partial charge < -0.3 is 42.9 Å². The van der Waals surface area contributed by atoms with Gasteiger partial charge in [0.2, 0.25) is 0 Å². The van der Waals surface area contributed by atoms with Gasteiger partial charge in [-0.15, -0.1) is 0 Å².